The summed E-state index contributed by atoms with van der Waals surface area (Å²) in [7, 11) is 0. The number of aromatic nitrogens is 1. The van der Waals surface area contributed by atoms with Crippen molar-refractivity contribution in [3.8, 4) is 5.75 Å². The minimum absolute atomic E-state index is 0.0271. The molecule has 4 rings (SSSR count). The molecule has 0 N–H and O–H groups in total. The van der Waals surface area contributed by atoms with E-state index in [9.17, 15) is 22.8 Å². The van der Waals surface area contributed by atoms with Crippen molar-refractivity contribution in [2.24, 2.45) is 0 Å². The lowest BCUT2D eigenvalue weighted by molar-refractivity contribution is -0.141. The normalized spacial score (nSPS) is 20.9. The maximum Gasteiger partial charge on any atom is 0.433 e. The number of hydrogen-bond donors (Lipinski definition) is 0. The number of pyridine rings is 1. The molecule has 35 heavy (non-hydrogen) atoms. The summed E-state index contributed by atoms with van der Waals surface area (Å²) >= 11 is 0. The van der Waals surface area contributed by atoms with Gasteiger partial charge in [-0.25, -0.2) is 0 Å². The second-order valence-electron chi connectivity index (χ2n) is 9.41. The standard InChI is InChI=1S/C26H30F3N3O3/c1-16(33)15-35-23-9-8-21(17(2)18(23)3)22-6-4-5-20-14-31(11-12-32(20)22)25(34)19-7-10-24(30-13-19)26(27,28)29/h7-10,13,20,22H,4-6,11-12,14-15H2,1-3H3/t20?,22-/m1/s1. The van der Waals surface area contributed by atoms with Crippen molar-refractivity contribution in [2.45, 2.75) is 58.3 Å². The second-order valence-corrected chi connectivity index (χ2v) is 9.41. The number of ketones is 1. The summed E-state index contributed by atoms with van der Waals surface area (Å²) in [5, 5.41) is 0. The van der Waals surface area contributed by atoms with Crippen LogP contribution in [0.15, 0.2) is 30.5 Å². The van der Waals surface area contributed by atoms with Crippen molar-refractivity contribution >= 4 is 11.7 Å². The van der Waals surface area contributed by atoms with E-state index in [0.29, 0.717) is 19.6 Å². The van der Waals surface area contributed by atoms with Crippen molar-refractivity contribution in [3.05, 3.63) is 58.4 Å². The Balaban J connectivity index is 1.47. The Hall–Kier alpha value is -2.94. The molecular formula is C26H30F3N3O3. The zero-order valence-corrected chi connectivity index (χ0v) is 20.2. The lowest BCUT2D eigenvalue weighted by atomic mass is 9.86. The van der Waals surface area contributed by atoms with Crippen LogP contribution < -0.4 is 4.74 Å². The van der Waals surface area contributed by atoms with Gasteiger partial charge in [0.1, 0.15) is 18.1 Å². The lowest BCUT2D eigenvalue weighted by Gasteiger charge is -2.48. The van der Waals surface area contributed by atoms with Gasteiger partial charge in [0.05, 0.1) is 5.56 Å². The van der Waals surface area contributed by atoms with Crippen LogP contribution in [0.5, 0.6) is 5.75 Å². The smallest absolute Gasteiger partial charge is 0.433 e. The fraction of sp³-hybridized carbons (Fsp3) is 0.500. The summed E-state index contributed by atoms with van der Waals surface area (Å²) in [6.45, 7) is 7.36. The molecule has 0 saturated carbocycles. The van der Waals surface area contributed by atoms with Gasteiger partial charge in [0.15, 0.2) is 5.78 Å². The van der Waals surface area contributed by atoms with Gasteiger partial charge in [-0.3, -0.25) is 19.5 Å². The monoisotopic (exact) mass is 489 g/mol. The molecule has 0 aliphatic carbocycles. The molecule has 1 aromatic carbocycles. The van der Waals surface area contributed by atoms with Gasteiger partial charge < -0.3 is 9.64 Å². The highest BCUT2D eigenvalue weighted by Gasteiger charge is 2.38. The van der Waals surface area contributed by atoms with Crippen molar-refractivity contribution in [1.29, 1.82) is 0 Å². The van der Waals surface area contributed by atoms with E-state index in [1.54, 1.807) is 4.90 Å². The van der Waals surface area contributed by atoms with Crippen molar-refractivity contribution in [1.82, 2.24) is 14.8 Å². The number of carbonyl (C=O) groups excluding carboxylic acids is 2. The number of alkyl halides is 3. The molecule has 3 heterocycles. The third-order valence-electron chi connectivity index (χ3n) is 7.10. The summed E-state index contributed by atoms with van der Waals surface area (Å²) in [6.07, 6.45) is -0.511. The number of piperazine rings is 1. The van der Waals surface area contributed by atoms with Gasteiger partial charge in [0.2, 0.25) is 0 Å². The van der Waals surface area contributed by atoms with E-state index in [4.69, 9.17) is 4.74 Å². The predicted octanol–water partition coefficient (Wildman–Crippen LogP) is 4.74. The summed E-state index contributed by atoms with van der Waals surface area (Å²) < 4.78 is 44.1. The average molecular weight is 490 g/mol. The van der Waals surface area contributed by atoms with E-state index in [1.165, 1.54) is 18.6 Å². The minimum atomic E-state index is -4.53. The van der Waals surface area contributed by atoms with Crippen LogP contribution in [0.4, 0.5) is 13.2 Å². The molecule has 1 amide bonds. The van der Waals surface area contributed by atoms with Gasteiger partial charge >= 0.3 is 6.18 Å². The molecule has 9 heteroatoms. The molecule has 2 saturated heterocycles. The largest absolute Gasteiger partial charge is 0.486 e. The second kappa shape index (κ2) is 9.97. The molecule has 2 aliphatic rings. The number of fused-ring (bicyclic) bond motifs is 1. The first kappa shape index (κ1) is 25.2. The lowest BCUT2D eigenvalue weighted by Crippen LogP contribution is -2.57. The van der Waals surface area contributed by atoms with Crippen molar-refractivity contribution in [2.75, 3.05) is 26.2 Å². The van der Waals surface area contributed by atoms with Crippen LogP contribution in [0, 0.1) is 13.8 Å². The van der Waals surface area contributed by atoms with E-state index in [0.717, 1.165) is 48.4 Å². The number of ether oxygens (including phenoxy) is 1. The molecule has 188 valence electrons. The van der Waals surface area contributed by atoms with Crippen LogP contribution in [0.25, 0.3) is 0 Å². The minimum Gasteiger partial charge on any atom is -0.486 e. The predicted molar refractivity (Wildman–Crippen MR) is 124 cm³/mol. The van der Waals surface area contributed by atoms with Gasteiger partial charge in [-0.2, -0.15) is 13.2 Å². The highest BCUT2D eigenvalue weighted by atomic mass is 19.4. The molecule has 2 aromatic rings. The Bertz CT molecular complexity index is 1100. The first-order chi connectivity index (χ1) is 16.6. The highest BCUT2D eigenvalue weighted by Crippen LogP contribution is 2.39. The van der Waals surface area contributed by atoms with Gasteiger partial charge in [-0.15, -0.1) is 0 Å². The average Bonchev–Trinajstić information content (AvgIpc) is 2.83. The highest BCUT2D eigenvalue weighted by molar-refractivity contribution is 5.94. The quantitative estimate of drug-likeness (QED) is 0.607. The van der Waals surface area contributed by atoms with Crippen LogP contribution in [0.1, 0.15) is 65.0 Å². The maximum atomic E-state index is 13.0. The fourth-order valence-electron chi connectivity index (χ4n) is 5.15. The number of piperidine rings is 1. The molecule has 1 unspecified atom stereocenters. The molecule has 0 spiro atoms. The molecule has 2 fully saturated rings. The number of Topliss-reactive ketones (excluding diaryl/α,β-unsaturated/α-hetero) is 1. The Kier molecular flexibility index (Phi) is 7.17. The number of amides is 1. The number of benzene rings is 1. The molecule has 0 bridgehead atoms. The van der Waals surface area contributed by atoms with E-state index < -0.39 is 11.9 Å². The molecule has 2 atom stereocenters. The molecular weight excluding hydrogens is 459 g/mol. The van der Waals surface area contributed by atoms with Crippen molar-refractivity contribution < 1.29 is 27.5 Å². The molecule has 0 radical (unpaired) electrons. The summed E-state index contributed by atoms with van der Waals surface area (Å²) in [6, 6.07) is 6.48. The van der Waals surface area contributed by atoms with Crippen molar-refractivity contribution in [3.63, 3.8) is 0 Å². The van der Waals surface area contributed by atoms with Crippen LogP contribution in [0.2, 0.25) is 0 Å². The third-order valence-corrected chi connectivity index (χ3v) is 7.10. The Morgan fingerprint density at radius 1 is 1.09 bits per heavy atom. The Labute approximate surface area is 203 Å². The van der Waals surface area contributed by atoms with Gasteiger partial charge in [0, 0.05) is 37.9 Å². The van der Waals surface area contributed by atoms with Crippen LogP contribution in [-0.2, 0) is 11.0 Å². The van der Waals surface area contributed by atoms with E-state index in [-0.39, 0.29) is 35.9 Å². The molecule has 2 aliphatic heterocycles. The number of carbonyl (C=O) groups is 2. The number of halogens is 3. The molecule has 6 nitrogen and oxygen atoms in total. The van der Waals surface area contributed by atoms with Gasteiger partial charge in [-0.1, -0.05) is 6.07 Å². The Morgan fingerprint density at radius 2 is 1.86 bits per heavy atom. The number of hydrogen-bond acceptors (Lipinski definition) is 5. The van der Waals surface area contributed by atoms with Crippen LogP contribution in [-0.4, -0.2) is 58.8 Å². The SMILES string of the molecule is CC(=O)COc1ccc([C@H]2CCCC3CN(C(=O)c4ccc(C(F)(F)F)nc4)CCN32)c(C)c1C. The summed E-state index contributed by atoms with van der Waals surface area (Å²) in [4.78, 5) is 31.9. The topological polar surface area (TPSA) is 62.7 Å². The van der Waals surface area contributed by atoms with Crippen LogP contribution in [0.3, 0.4) is 0 Å². The maximum absolute atomic E-state index is 13.0. The zero-order valence-electron chi connectivity index (χ0n) is 20.2. The van der Waals surface area contributed by atoms with E-state index >= 15 is 0 Å². The number of nitrogens with zero attached hydrogens (tertiary/aromatic N) is 3. The third kappa shape index (κ3) is 5.34. The summed E-state index contributed by atoms with van der Waals surface area (Å²) in [5.74, 6) is 0.405. The van der Waals surface area contributed by atoms with Gasteiger partial charge in [0.25, 0.3) is 5.91 Å². The van der Waals surface area contributed by atoms with E-state index in [2.05, 4.69) is 22.9 Å². The zero-order chi connectivity index (χ0) is 25.3. The van der Waals surface area contributed by atoms with Gasteiger partial charge in [-0.05, 0) is 74.9 Å². The van der Waals surface area contributed by atoms with E-state index in [1.807, 2.05) is 13.0 Å². The Morgan fingerprint density at radius 3 is 2.51 bits per heavy atom. The first-order valence-electron chi connectivity index (χ1n) is 11.9. The molecule has 1 aromatic heterocycles. The first-order valence-corrected chi connectivity index (χ1v) is 11.9. The number of rotatable bonds is 5. The summed E-state index contributed by atoms with van der Waals surface area (Å²) in [5.41, 5.74) is 2.57. The fourth-order valence-corrected chi connectivity index (χ4v) is 5.15. The van der Waals surface area contributed by atoms with Crippen LogP contribution >= 0.6 is 0 Å².